The Labute approximate surface area is 99.6 Å². The lowest BCUT2D eigenvalue weighted by Crippen LogP contribution is -2.11. The quantitative estimate of drug-likeness (QED) is 0.811. The number of anilines is 1. The fraction of sp³-hybridized carbons (Fsp3) is 0.300. The van der Waals surface area contributed by atoms with Crippen LogP contribution in [0, 0.1) is 0 Å². The van der Waals surface area contributed by atoms with E-state index in [9.17, 15) is 13.2 Å². The molecule has 1 rings (SSSR count). The highest BCUT2D eigenvalue weighted by molar-refractivity contribution is 7.92. The van der Waals surface area contributed by atoms with Gasteiger partial charge in [-0.3, -0.25) is 4.72 Å². The van der Waals surface area contributed by atoms with Crippen molar-refractivity contribution in [2.24, 2.45) is 0 Å². The van der Waals surface area contributed by atoms with Gasteiger partial charge in [0.25, 0.3) is 0 Å². The molecule has 0 aliphatic heterocycles. The lowest BCUT2D eigenvalue weighted by molar-refractivity contribution is 0.0597. The van der Waals surface area contributed by atoms with Crippen LogP contribution in [0.25, 0.3) is 0 Å². The molecule has 94 valence electrons. The van der Waals surface area contributed by atoms with E-state index in [1.54, 1.807) is 0 Å². The number of benzene rings is 1. The van der Waals surface area contributed by atoms with E-state index in [-0.39, 0.29) is 11.3 Å². The molecule has 0 spiro atoms. The predicted octanol–water partition coefficient (Wildman–Crippen LogP) is 0.853. The Kier molecular flexibility index (Phi) is 3.95. The van der Waals surface area contributed by atoms with E-state index < -0.39 is 16.0 Å². The highest BCUT2D eigenvalue weighted by Gasteiger charge is 2.14. The highest BCUT2D eigenvalue weighted by Crippen LogP contribution is 2.23. The first-order valence-electron chi connectivity index (χ1n) is 4.61. The van der Waals surface area contributed by atoms with Crippen molar-refractivity contribution in [2.75, 3.05) is 25.2 Å². The van der Waals surface area contributed by atoms with Crippen molar-refractivity contribution in [2.45, 2.75) is 0 Å². The zero-order valence-electron chi connectivity index (χ0n) is 9.68. The standard InChI is InChI=1S/C10H13NO5S/c1-15-9-5-4-7(11-17(3,13)14)6-8(9)10(12)16-2/h4-6,11H,1-3H3. The predicted molar refractivity (Wildman–Crippen MR) is 62.8 cm³/mol. The van der Waals surface area contributed by atoms with E-state index in [4.69, 9.17) is 4.74 Å². The summed E-state index contributed by atoms with van der Waals surface area (Å²) >= 11 is 0. The van der Waals surface area contributed by atoms with E-state index in [0.29, 0.717) is 5.75 Å². The van der Waals surface area contributed by atoms with Gasteiger partial charge in [-0.25, -0.2) is 13.2 Å². The number of rotatable bonds is 4. The molecule has 1 aromatic rings. The summed E-state index contributed by atoms with van der Waals surface area (Å²) < 4.78 is 33.9. The van der Waals surface area contributed by atoms with Crippen LogP contribution in [-0.4, -0.2) is 34.9 Å². The van der Waals surface area contributed by atoms with Gasteiger partial charge in [0.2, 0.25) is 10.0 Å². The van der Waals surface area contributed by atoms with Gasteiger partial charge in [-0.2, -0.15) is 0 Å². The van der Waals surface area contributed by atoms with Crippen molar-refractivity contribution in [1.29, 1.82) is 0 Å². The van der Waals surface area contributed by atoms with Crippen molar-refractivity contribution in [3.05, 3.63) is 23.8 Å². The van der Waals surface area contributed by atoms with E-state index >= 15 is 0 Å². The summed E-state index contributed by atoms with van der Waals surface area (Å²) in [6.45, 7) is 0. The van der Waals surface area contributed by atoms with Crippen LogP contribution >= 0.6 is 0 Å². The summed E-state index contributed by atoms with van der Waals surface area (Å²) in [5.74, 6) is -0.282. The zero-order chi connectivity index (χ0) is 13.1. The number of carbonyl (C=O) groups excluding carboxylic acids is 1. The first-order chi connectivity index (χ1) is 7.87. The molecule has 6 nitrogen and oxygen atoms in total. The van der Waals surface area contributed by atoms with Gasteiger partial charge in [0.05, 0.1) is 20.5 Å². The van der Waals surface area contributed by atoms with E-state index in [0.717, 1.165) is 6.26 Å². The molecule has 0 radical (unpaired) electrons. The number of nitrogens with one attached hydrogen (secondary N) is 1. The molecule has 0 amide bonds. The molecule has 0 aliphatic carbocycles. The molecular weight excluding hydrogens is 246 g/mol. The second-order valence-corrected chi connectivity index (χ2v) is 5.03. The minimum absolute atomic E-state index is 0.156. The van der Waals surface area contributed by atoms with Crippen molar-refractivity contribution in [3.8, 4) is 5.75 Å². The number of methoxy groups -OCH3 is 2. The Hall–Kier alpha value is -1.76. The maximum absolute atomic E-state index is 11.4. The molecule has 1 N–H and O–H groups in total. The summed E-state index contributed by atoms with van der Waals surface area (Å²) in [7, 11) is -0.746. The fourth-order valence-electron chi connectivity index (χ4n) is 1.26. The fourth-order valence-corrected chi connectivity index (χ4v) is 1.81. The van der Waals surface area contributed by atoms with Crippen LogP contribution in [0.2, 0.25) is 0 Å². The molecule has 0 fully saturated rings. The van der Waals surface area contributed by atoms with Crippen LogP contribution in [-0.2, 0) is 14.8 Å². The molecule has 1 aromatic carbocycles. The maximum Gasteiger partial charge on any atom is 0.341 e. The lowest BCUT2D eigenvalue weighted by Gasteiger charge is -2.09. The van der Waals surface area contributed by atoms with Crippen molar-refractivity contribution >= 4 is 21.7 Å². The van der Waals surface area contributed by atoms with E-state index in [1.807, 2.05) is 0 Å². The highest BCUT2D eigenvalue weighted by atomic mass is 32.2. The number of esters is 1. The summed E-state index contributed by atoms with van der Waals surface area (Å²) in [4.78, 5) is 11.4. The average molecular weight is 259 g/mol. The normalized spacial score (nSPS) is 10.8. The van der Waals surface area contributed by atoms with Gasteiger partial charge in [0.15, 0.2) is 0 Å². The molecule has 0 atom stereocenters. The van der Waals surface area contributed by atoms with Crippen molar-refractivity contribution in [1.82, 2.24) is 0 Å². The smallest absolute Gasteiger partial charge is 0.341 e. The van der Waals surface area contributed by atoms with Gasteiger partial charge in [0.1, 0.15) is 11.3 Å². The third kappa shape index (κ3) is 3.63. The van der Waals surface area contributed by atoms with Crippen LogP contribution in [0.5, 0.6) is 5.75 Å². The Balaban J connectivity index is 3.18. The second kappa shape index (κ2) is 5.05. The molecule has 0 saturated carbocycles. The van der Waals surface area contributed by atoms with Crippen molar-refractivity contribution < 1.29 is 22.7 Å². The molecular formula is C10H13NO5S. The van der Waals surface area contributed by atoms with Gasteiger partial charge in [-0.15, -0.1) is 0 Å². The van der Waals surface area contributed by atoms with Crippen molar-refractivity contribution in [3.63, 3.8) is 0 Å². The number of hydrogen-bond donors (Lipinski definition) is 1. The Morgan fingerprint density at radius 2 is 1.94 bits per heavy atom. The average Bonchev–Trinajstić information content (AvgIpc) is 2.25. The minimum Gasteiger partial charge on any atom is -0.496 e. The molecule has 0 aromatic heterocycles. The minimum atomic E-state index is -3.39. The van der Waals surface area contributed by atoms with Gasteiger partial charge in [-0.05, 0) is 18.2 Å². The van der Waals surface area contributed by atoms with Crippen LogP contribution < -0.4 is 9.46 Å². The molecule has 17 heavy (non-hydrogen) atoms. The van der Waals surface area contributed by atoms with Crippen LogP contribution in [0.3, 0.4) is 0 Å². The summed E-state index contributed by atoms with van der Waals surface area (Å²) in [6.07, 6.45) is 1.02. The summed E-state index contributed by atoms with van der Waals surface area (Å²) in [5, 5.41) is 0. The largest absolute Gasteiger partial charge is 0.496 e. The van der Waals surface area contributed by atoms with Crippen LogP contribution in [0.1, 0.15) is 10.4 Å². The molecule has 0 aliphatic rings. The first kappa shape index (κ1) is 13.3. The Morgan fingerprint density at radius 1 is 1.29 bits per heavy atom. The SMILES string of the molecule is COC(=O)c1cc(NS(C)(=O)=O)ccc1OC. The van der Waals surface area contributed by atoms with E-state index in [1.165, 1.54) is 32.4 Å². The van der Waals surface area contributed by atoms with Crippen LogP contribution in [0.15, 0.2) is 18.2 Å². The Morgan fingerprint density at radius 3 is 2.41 bits per heavy atom. The Bertz CT molecular complexity index is 523. The third-order valence-electron chi connectivity index (χ3n) is 1.91. The number of sulfonamides is 1. The second-order valence-electron chi connectivity index (χ2n) is 3.28. The molecule has 0 bridgehead atoms. The van der Waals surface area contributed by atoms with E-state index in [2.05, 4.69) is 9.46 Å². The van der Waals surface area contributed by atoms with Gasteiger partial charge in [0, 0.05) is 5.69 Å². The number of ether oxygens (including phenoxy) is 2. The summed E-state index contributed by atoms with van der Waals surface area (Å²) in [5.41, 5.74) is 0.428. The maximum atomic E-state index is 11.4. The summed E-state index contributed by atoms with van der Waals surface area (Å²) in [6, 6.07) is 4.33. The lowest BCUT2D eigenvalue weighted by atomic mass is 10.2. The topological polar surface area (TPSA) is 81.7 Å². The number of carbonyl (C=O) groups is 1. The number of hydrogen-bond acceptors (Lipinski definition) is 5. The van der Waals surface area contributed by atoms with Crippen LogP contribution in [0.4, 0.5) is 5.69 Å². The zero-order valence-corrected chi connectivity index (χ0v) is 10.5. The van der Waals surface area contributed by atoms with Gasteiger partial charge < -0.3 is 9.47 Å². The molecule has 7 heteroatoms. The monoisotopic (exact) mass is 259 g/mol. The molecule has 0 heterocycles. The third-order valence-corrected chi connectivity index (χ3v) is 2.51. The molecule has 0 unspecified atom stereocenters. The first-order valence-corrected chi connectivity index (χ1v) is 6.50. The van der Waals surface area contributed by atoms with Gasteiger partial charge >= 0.3 is 5.97 Å². The van der Waals surface area contributed by atoms with Gasteiger partial charge in [-0.1, -0.05) is 0 Å². The molecule has 0 saturated heterocycles.